The second-order valence-corrected chi connectivity index (χ2v) is 3.52. The fourth-order valence-corrected chi connectivity index (χ4v) is 1.22. The van der Waals surface area contributed by atoms with Gasteiger partial charge in [-0.1, -0.05) is 35.4 Å². The van der Waals surface area contributed by atoms with Crippen LogP contribution in [0.4, 0.5) is 0 Å². The first-order valence-corrected chi connectivity index (χ1v) is 5.18. The van der Waals surface area contributed by atoms with Crippen LogP contribution in [0.15, 0.2) is 35.4 Å². The van der Waals surface area contributed by atoms with E-state index in [0.29, 0.717) is 0 Å². The second kappa shape index (κ2) is 7.27. The van der Waals surface area contributed by atoms with Gasteiger partial charge in [0, 0.05) is 17.5 Å². The standard InChI is InChI=1S/C11H14N4O2/c12-10(7-14-15-13)6-11(16)17-8-9-4-2-1-3-5-9/h1-5,10H,6-8,12H2/t10-/m0/s1. The van der Waals surface area contributed by atoms with Gasteiger partial charge in [-0.2, -0.15) is 0 Å². The van der Waals surface area contributed by atoms with E-state index in [2.05, 4.69) is 10.0 Å². The van der Waals surface area contributed by atoms with Crippen molar-refractivity contribution in [2.75, 3.05) is 6.54 Å². The number of nitrogens with zero attached hydrogens (tertiary/aromatic N) is 3. The van der Waals surface area contributed by atoms with E-state index in [0.717, 1.165) is 5.56 Å². The molecule has 0 fully saturated rings. The summed E-state index contributed by atoms with van der Waals surface area (Å²) in [6, 6.07) is 8.88. The molecule has 0 unspecified atom stereocenters. The van der Waals surface area contributed by atoms with Gasteiger partial charge in [-0.25, -0.2) is 0 Å². The van der Waals surface area contributed by atoms with E-state index in [4.69, 9.17) is 16.0 Å². The van der Waals surface area contributed by atoms with E-state index in [1.165, 1.54) is 0 Å². The number of hydrogen-bond donors (Lipinski definition) is 1. The van der Waals surface area contributed by atoms with Crippen LogP contribution >= 0.6 is 0 Å². The molecule has 0 bridgehead atoms. The molecule has 1 aromatic carbocycles. The molecule has 0 aliphatic rings. The van der Waals surface area contributed by atoms with Crippen LogP contribution < -0.4 is 5.73 Å². The summed E-state index contributed by atoms with van der Waals surface area (Å²) in [5.41, 5.74) is 14.6. The van der Waals surface area contributed by atoms with Crippen molar-refractivity contribution in [3.63, 3.8) is 0 Å². The average molecular weight is 234 g/mol. The number of carbonyl (C=O) groups excluding carboxylic acids is 1. The first-order chi connectivity index (χ1) is 8.22. The van der Waals surface area contributed by atoms with Crippen molar-refractivity contribution >= 4 is 5.97 Å². The Hall–Kier alpha value is -2.04. The van der Waals surface area contributed by atoms with E-state index in [1.807, 2.05) is 30.3 Å². The Bertz CT molecular complexity index is 401. The number of benzene rings is 1. The second-order valence-electron chi connectivity index (χ2n) is 3.52. The Balaban J connectivity index is 2.28. The Kier molecular flexibility index (Phi) is 5.57. The zero-order chi connectivity index (χ0) is 12.5. The summed E-state index contributed by atoms with van der Waals surface area (Å²) in [6.45, 7) is 0.324. The van der Waals surface area contributed by atoms with Crippen molar-refractivity contribution in [1.82, 2.24) is 0 Å². The average Bonchev–Trinajstić information content (AvgIpc) is 2.35. The number of nitrogens with two attached hydrogens (primary N) is 1. The van der Waals surface area contributed by atoms with Crippen LogP contribution in [0, 0.1) is 0 Å². The lowest BCUT2D eigenvalue weighted by molar-refractivity contribution is -0.145. The third kappa shape index (κ3) is 5.55. The lowest BCUT2D eigenvalue weighted by Gasteiger charge is -2.08. The van der Waals surface area contributed by atoms with Crippen LogP contribution in [0.25, 0.3) is 10.4 Å². The highest BCUT2D eigenvalue weighted by atomic mass is 16.5. The zero-order valence-corrected chi connectivity index (χ0v) is 9.32. The minimum Gasteiger partial charge on any atom is -0.461 e. The Morgan fingerprint density at radius 1 is 1.47 bits per heavy atom. The topological polar surface area (TPSA) is 101 Å². The highest BCUT2D eigenvalue weighted by Crippen LogP contribution is 2.02. The fourth-order valence-electron chi connectivity index (χ4n) is 1.22. The molecular formula is C11H14N4O2. The van der Waals surface area contributed by atoms with Gasteiger partial charge in [0.05, 0.1) is 6.42 Å². The molecule has 0 radical (unpaired) electrons. The smallest absolute Gasteiger partial charge is 0.307 e. The van der Waals surface area contributed by atoms with Gasteiger partial charge in [-0.15, -0.1) is 0 Å². The molecule has 1 atom stereocenters. The molecule has 0 amide bonds. The quantitative estimate of drug-likeness (QED) is 0.351. The third-order valence-electron chi connectivity index (χ3n) is 2.05. The molecule has 0 spiro atoms. The summed E-state index contributed by atoms with van der Waals surface area (Å²) in [5.74, 6) is -0.394. The SMILES string of the molecule is [N-]=[N+]=NC[C@@H](N)CC(=O)OCc1ccccc1. The normalized spacial score (nSPS) is 11.4. The number of rotatable bonds is 6. The molecular weight excluding hydrogens is 220 g/mol. The molecule has 17 heavy (non-hydrogen) atoms. The van der Waals surface area contributed by atoms with Crippen LogP contribution in [-0.4, -0.2) is 18.6 Å². The minimum atomic E-state index is -0.492. The molecule has 1 aromatic rings. The first-order valence-electron chi connectivity index (χ1n) is 5.18. The molecule has 0 heterocycles. The van der Waals surface area contributed by atoms with Crippen molar-refractivity contribution in [3.8, 4) is 0 Å². The summed E-state index contributed by atoms with van der Waals surface area (Å²) >= 11 is 0. The molecule has 0 aliphatic carbocycles. The Morgan fingerprint density at radius 2 is 2.18 bits per heavy atom. The number of ether oxygens (including phenoxy) is 1. The lowest BCUT2D eigenvalue weighted by Crippen LogP contribution is -2.27. The predicted molar refractivity (Wildman–Crippen MR) is 62.8 cm³/mol. The van der Waals surface area contributed by atoms with Gasteiger partial charge in [0.1, 0.15) is 6.61 Å². The molecule has 6 nitrogen and oxygen atoms in total. The third-order valence-corrected chi connectivity index (χ3v) is 2.05. The van der Waals surface area contributed by atoms with Gasteiger partial charge in [0.2, 0.25) is 0 Å². The van der Waals surface area contributed by atoms with Gasteiger partial charge in [-0.05, 0) is 11.1 Å². The van der Waals surface area contributed by atoms with E-state index < -0.39 is 12.0 Å². The van der Waals surface area contributed by atoms with Gasteiger partial charge in [0.25, 0.3) is 0 Å². The summed E-state index contributed by atoms with van der Waals surface area (Å²) in [4.78, 5) is 13.9. The fraction of sp³-hybridized carbons (Fsp3) is 0.364. The highest BCUT2D eigenvalue weighted by Gasteiger charge is 2.09. The lowest BCUT2D eigenvalue weighted by atomic mass is 10.2. The molecule has 0 saturated carbocycles. The number of azide groups is 1. The van der Waals surface area contributed by atoms with Crippen molar-refractivity contribution < 1.29 is 9.53 Å². The van der Waals surface area contributed by atoms with Crippen LogP contribution in [0.2, 0.25) is 0 Å². The summed E-state index contributed by atoms with van der Waals surface area (Å²) in [5, 5.41) is 3.29. The minimum absolute atomic E-state index is 0.0475. The largest absolute Gasteiger partial charge is 0.461 e. The molecule has 2 N–H and O–H groups in total. The van der Waals surface area contributed by atoms with E-state index in [9.17, 15) is 4.79 Å². The monoisotopic (exact) mass is 234 g/mol. The van der Waals surface area contributed by atoms with Crippen molar-refractivity contribution in [2.24, 2.45) is 10.8 Å². The summed E-state index contributed by atoms with van der Waals surface area (Å²) in [6.07, 6.45) is 0.0475. The molecule has 1 rings (SSSR count). The molecule has 0 saturated heterocycles. The maximum absolute atomic E-state index is 11.4. The number of carbonyl (C=O) groups is 1. The maximum atomic E-state index is 11.4. The van der Waals surface area contributed by atoms with Crippen LogP contribution in [0.5, 0.6) is 0 Å². The molecule has 0 aromatic heterocycles. The number of hydrogen-bond acceptors (Lipinski definition) is 4. The number of esters is 1. The molecule has 90 valence electrons. The highest BCUT2D eigenvalue weighted by molar-refractivity contribution is 5.70. The van der Waals surface area contributed by atoms with E-state index >= 15 is 0 Å². The maximum Gasteiger partial charge on any atom is 0.307 e. The van der Waals surface area contributed by atoms with Gasteiger partial charge in [-0.3, -0.25) is 4.79 Å². The van der Waals surface area contributed by atoms with E-state index in [1.54, 1.807) is 0 Å². The van der Waals surface area contributed by atoms with Crippen molar-refractivity contribution in [2.45, 2.75) is 19.1 Å². The van der Waals surface area contributed by atoms with Gasteiger partial charge in [0.15, 0.2) is 0 Å². The van der Waals surface area contributed by atoms with Crippen LogP contribution in [0.3, 0.4) is 0 Å². The zero-order valence-electron chi connectivity index (χ0n) is 9.32. The summed E-state index contributed by atoms with van der Waals surface area (Å²) in [7, 11) is 0. The molecule has 6 heteroatoms. The predicted octanol–water partition coefficient (Wildman–Crippen LogP) is 1.76. The van der Waals surface area contributed by atoms with E-state index in [-0.39, 0.29) is 19.6 Å². The van der Waals surface area contributed by atoms with Gasteiger partial charge < -0.3 is 10.5 Å². The van der Waals surface area contributed by atoms with Crippen LogP contribution in [0.1, 0.15) is 12.0 Å². The Labute approximate surface area is 99.0 Å². The summed E-state index contributed by atoms with van der Waals surface area (Å²) < 4.78 is 5.02. The van der Waals surface area contributed by atoms with Crippen LogP contribution in [-0.2, 0) is 16.1 Å². The first kappa shape index (κ1) is 13.0. The van der Waals surface area contributed by atoms with Crippen molar-refractivity contribution in [3.05, 3.63) is 46.3 Å². The van der Waals surface area contributed by atoms with Gasteiger partial charge >= 0.3 is 5.97 Å². The molecule has 0 aliphatic heterocycles. The van der Waals surface area contributed by atoms with Crippen molar-refractivity contribution in [1.29, 1.82) is 0 Å². The Morgan fingerprint density at radius 3 is 2.82 bits per heavy atom.